The topological polar surface area (TPSA) is 79.4 Å². The number of rotatable bonds is 7. The second-order valence-electron chi connectivity index (χ2n) is 6.17. The van der Waals surface area contributed by atoms with Crippen LogP contribution in [0.4, 0.5) is 0 Å². The standard InChI is InChI=1S/C21H22N4O2/c1-15(8-9-16-6-4-3-5-7-16)22-25-21(26)20-14-19(23-24-20)17-10-12-18(27-2)13-11-17/h3-7,10-14H,8-9H2,1-2H3,(H,23,24)(H,25,26)/b22-15+. The SMILES string of the molecule is COc1ccc(-c2cc(C(=O)N/N=C(\C)CCc3ccccc3)[nH]n2)cc1. The highest BCUT2D eigenvalue weighted by Gasteiger charge is 2.10. The van der Waals surface area contributed by atoms with Gasteiger partial charge in [-0.05, 0) is 55.7 Å². The Morgan fingerprint density at radius 1 is 1.15 bits per heavy atom. The van der Waals surface area contributed by atoms with Crippen molar-refractivity contribution in [2.45, 2.75) is 19.8 Å². The van der Waals surface area contributed by atoms with Crippen molar-refractivity contribution < 1.29 is 9.53 Å². The Morgan fingerprint density at radius 2 is 1.89 bits per heavy atom. The van der Waals surface area contributed by atoms with E-state index in [1.54, 1.807) is 13.2 Å². The van der Waals surface area contributed by atoms with Gasteiger partial charge in [0.1, 0.15) is 11.4 Å². The Morgan fingerprint density at radius 3 is 2.59 bits per heavy atom. The van der Waals surface area contributed by atoms with Crippen molar-refractivity contribution in [3.8, 4) is 17.0 Å². The normalized spacial score (nSPS) is 11.3. The maximum absolute atomic E-state index is 12.3. The quantitative estimate of drug-likeness (QED) is 0.495. The van der Waals surface area contributed by atoms with E-state index >= 15 is 0 Å². The fourth-order valence-corrected chi connectivity index (χ4v) is 2.58. The second-order valence-corrected chi connectivity index (χ2v) is 6.17. The average molecular weight is 362 g/mol. The molecule has 3 aromatic rings. The Labute approximate surface area is 158 Å². The number of carbonyl (C=O) groups is 1. The number of nitrogens with one attached hydrogen (secondary N) is 2. The van der Waals surface area contributed by atoms with Crippen molar-refractivity contribution >= 4 is 11.6 Å². The summed E-state index contributed by atoms with van der Waals surface area (Å²) >= 11 is 0. The number of methoxy groups -OCH3 is 1. The van der Waals surface area contributed by atoms with Crippen molar-refractivity contribution in [2.75, 3.05) is 7.11 Å². The first-order chi connectivity index (χ1) is 13.2. The van der Waals surface area contributed by atoms with Crippen LogP contribution in [0.25, 0.3) is 11.3 Å². The molecule has 6 heteroatoms. The van der Waals surface area contributed by atoms with Gasteiger partial charge in [0.25, 0.3) is 5.91 Å². The van der Waals surface area contributed by atoms with Gasteiger partial charge < -0.3 is 4.74 Å². The fourth-order valence-electron chi connectivity index (χ4n) is 2.58. The largest absolute Gasteiger partial charge is 0.497 e. The molecular formula is C21H22N4O2. The minimum atomic E-state index is -0.318. The molecule has 138 valence electrons. The Balaban J connectivity index is 1.57. The zero-order valence-corrected chi connectivity index (χ0v) is 15.4. The maximum Gasteiger partial charge on any atom is 0.289 e. The molecule has 27 heavy (non-hydrogen) atoms. The van der Waals surface area contributed by atoms with E-state index < -0.39 is 0 Å². The number of hydrogen-bond acceptors (Lipinski definition) is 4. The first-order valence-corrected chi connectivity index (χ1v) is 8.73. The summed E-state index contributed by atoms with van der Waals surface area (Å²) in [6.45, 7) is 1.90. The molecule has 0 aliphatic rings. The number of amides is 1. The van der Waals surface area contributed by atoms with E-state index in [1.807, 2.05) is 49.4 Å². The number of benzene rings is 2. The monoisotopic (exact) mass is 362 g/mol. The zero-order chi connectivity index (χ0) is 19.1. The second kappa shape index (κ2) is 8.80. The van der Waals surface area contributed by atoms with Crippen LogP contribution >= 0.6 is 0 Å². The number of aromatic nitrogens is 2. The van der Waals surface area contributed by atoms with Gasteiger partial charge in [0.05, 0.1) is 12.8 Å². The van der Waals surface area contributed by atoms with Crippen molar-refractivity contribution in [1.29, 1.82) is 0 Å². The third-order valence-electron chi connectivity index (χ3n) is 4.17. The maximum atomic E-state index is 12.3. The van der Waals surface area contributed by atoms with E-state index in [-0.39, 0.29) is 5.91 Å². The van der Waals surface area contributed by atoms with Crippen LogP contribution in [-0.4, -0.2) is 28.9 Å². The van der Waals surface area contributed by atoms with Crippen LogP contribution in [0.5, 0.6) is 5.75 Å². The molecule has 0 atom stereocenters. The summed E-state index contributed by atoms with van der Waals surface area (Å²) in [4.78, 5) is 12.3. The van der Waals surface area contributed by atoms with E-state index in [4.69, 9.17) is 4.74 Å². The number of carbonyl (C=O) groups excluding carboxylic acids is 1. The number of H-pyrrole nitrogens is 1. The molecule has 2 aromatic carbocycles. The molecule has 6 nitrogen and oxygen atoms in total. The lowest BCUT2D eigenvalue weighted by molar-refractivity contribution is 0.0949. The fraction of sp³-hybridized carbons (Fsp3) is 0.190. The summed E-state index contributed by atoms with van der Waals surface area (Å²) in [5.41, 5.74) is 6.63. The summed E-state index contributed by atoms with van der Waals surface area (Å²) < 4.78 is 5.14. The first kappa shape index (κ1) is 18.4. The van der Waals surface area contributed by atoms with Crippen LogP contribution in [-0.2, 0) is 6.42 Å². The molecule has 0 fully saturated rings. The van der Waals surface area contributed by atoms with Crippen molar-refractivity contribution in [3.63, 3.8) is 0 Å². The Hall–Kier alpha value is -3.41. The van der Waals surface area contributed by atoms with Crippen LogP contribution in [0.3, 0.4) is 0 Å². The minimum absolute atomic E-state index is 0.318. The zero-order valence-electron chi connectivity index (χ0n) is 15.4. The van der Waals surface area contributed by atoms with E-state index in [0.717, 1.165) is 29.9 Å². The molecule has 0 saturated heterocycles. The lowest BCUT2D eigenvalue weighted by Crippen LogP contribution is -2.19. The van der Waals surface area contributed by atoms with Gasteiger partial charge in [-0.15, -0.1) is 0 Å². The van der Waals surface area contributed by atoms with Crippen molar-refractivity contribution in [2.24, 2.45) is 5.10 Å². The van der Waals surface area contributed by atoms with Gasteiger partial charge in [0, 0.05) is 11.3 Å². The molecule has 0 aliphatic carbocycles. The van der Waals surface area contributed by atoms with Crippen LogP contribution in [0.1, 0.15) is 29.4 Å². The summed E-state index contributed by atoms with van der Waals surface area (Å²) in [5.74, 6) is 0.453. The molecule has 0 saturated carbocycles. The van der Waals surface area contributed by atoms with E-state index in [1.165, 1.54) is 5.56 Å². The molecule has 0 unspecified atom stereocenters. The smallest absolute Gasteiger partial charge is 0.289 e. The highest BCUT2D eigenvalue weighted by Crippen LogP contribution is 2.21. The van der Waals surface area contributed by atoms with Crippen LogP contribution < -0.4 is 10.2 Å². The average Bonchev–Trinajstić information content (AvgIpc) is 3.21. The molecule has 0 aliphatic heterocycles. The molecule has 1 aromatic heterocycles. The predicted molar refractivity (Wildman–Crippen MR) is 106 cm³/mol. The molecular weight excluding hydrogens is 340 g/mol. The van der Waals surface area contributed by atoms with Gasteiger partial charge in [-0.2, -0.15) is 10.2 Å². The lowest BCUT2D eigenvalue weighted by Gasteiger charge is -2.02. The van der Waals surface area contributed by atoms with Gasteiger partial charge in [-0.25, -0.2) is 5.43 Å². The van der Waals surface area contributed by atoms with Gasteiger partial charge in [-0.1, -0.05) is 30.3 Å². The third kappa shape index (κ3) is 5.04. The number of nitrogens with zero attached hydrogens (tertiary/aromatic N) is 2. The highest BCUT2D eigenvalue weighted by molar-refractivity contribution is 5.94. The highest BCUT2D eigenvalue weighted by atomic mass is 16.5. The van der Waals surface area contributed by atoms with E-state index in [0.29, 0.717) is 11.4 Å². The molecule has 0 radical (unpaired) electrons. The lowest BCUT2D eigenvalue weighted by atomic mass is 10.1. The van der Waals surface area contributed by atoms with Crippen LogP contribution in [0, 0.1) is 0 Å². The molecule has 0 bridgehead atoms. The minimum Gasteiger partial charge on any atom is -0.497 e. The Bertz CT molecular complexity index is 915. The molecule has 1 heterocycles. The number of hydrazone groups is 1. The summed E-state index contributed by atoms with van der Waals surface area (Å²) in [6.07, 6.45) is 1.67. The van der Waals surface area contributed by atoms with Crippen molar-refractivity contribution in [3.05, 3.63) is 71.9 Å². The molecule has 0 spiro atoms. The van der Waals surface area contributed by atoms with Gasteiger partial charge >= 0.3 is 0 Å². The molecule has 1 amide bonds. The predicted octanol–water partition coefficient (Wildman–Crippen LogP) is 3.82. The number of aromatic amines is 1. The number of ether oxygens (including phenoxy) is 1. The van der Waals surface area contributed by atoms with E-state index in [2.05, 4.69) is 32.9 Å². The summed E-state index contributed by atoms with van der Waals surface area (Å²) in [5, 5.41) is 11.1. The first-order valence-electron chi connectivity index (χ1n) is 8.73. The number of aryl methyl sites for hydroxylation is 1. The molecule has 3 rings (SSSR count). The Kier molecular flexibility index (Phi) is 5.99. The summed E-state index contributed by atoms with van der Waals surface area (Å²) in [6, 6.07) is 19.4. The third-order valence-corrected chi connectivity index (χ3v) is 4.17. The van der Waals surface area contributed by atoms with Crippen LogP contribution in [0.15, 0.2) is 65.8 Å². The van der Waals surface area contributed by atoms with Gasteiger partial charge in [0.2, 0.25) is 0 Å². The van der Waals surface area contributed by atoms with Gasteiger partial charge in [-0.3, -0.25) is 9.89 Å². The summed E-state index contributed by atoms with van der Waals surface area (Å²) in [7, 11) is 1.62. The molecule has 2 N–H and O–H groups in total. The van der Waals surface area contributed by atoms with Crippen molar-refractivity contribution in [1.82, 2.24) is 15.6 Å². The van der Waals surface area contributed by atoms with Gasteiger partial charge in [0.15, 0.2) is 0 Å². The number of hydrogen-bond donors (Lipinski definition) is 2. The van der Waals surface area contributed by atoms with Crippen LogP contribution in [0.2, 0.25) is 0 Å². The van der Waals surface area contributed by atoms with E-state index in [9.17, 15) is 4.79 Å².